The standard InChI is InChI=1S/C43H79N2O17PS/c1-35(47)56-33-38(34-58-63(50,51)57-31-28-45(3,4)5)60-41(49)23-19-15-13-14-18-22-40-42-39(59-36(2)48)24-27-43(61-40,62-42)26-20-16-11-9-7-6-8-10-12-17-21-29-55-30-25-37(32-46)44-64(52,53)54/h19,23,37-40,42,44,46H,6-18,20-22,24-34H2,1-5H3,(H-,50,51,52,53,54)/p+1/b23-19+/t37-,38+,39+,40+,42-,43-/m0/s1. The quantitative estimate of drug-likeness (QED) is 0.0108. The van der Waals surface area contributed by atoms with E-state index in [2.05, 4.69) is 0 Å². The summed E-state index contributed by atoms with van der Waals surface area (Å²) in [6.07, 6.45) is 19.7. The van der Waals surface area contributed by atoms with E-state index in [1.807, 2.05) is 25.9 Å². The number of hydrogen-bond acceptors (Lipinski definition) is 15. The van der Waals surface area contributed by atoms with Crippen LogP contribution in [0.3, 0.4) is 0 Å². The van der Waals surface area contributed by atoms with Crippen molar-refractivity contribution in [2.24, 2.45) is 0 Å². The van der Waals surface area contributed by atoms with Crippen LogP contribution in [0.15, 0.2) is 12.2 Å². The van der Waals surface area contributed by atoms with Gasteiger partial charge in [-0.2, -0.15) is 13.1 Å². The van der Waals surface area contributed by atoms with Crippen LogP contribution in [-0.4, -0.2) is 149 Å². The van der Waals surface area contributed by atoms with Crippen LogP contribution in [0.5, 0.6) is 0 Å². The number of phosphoric ester groups is 1. The van der Waals surface area contributed by atoms with Gasteiger partial charge in [0, 0.05) is 52.0 Å². The van der Waals surface area contributed by atoms with Crippen LogP contribution in [-0.2, 0) is 66.7 Å². The molecule has 7 atom stereocenters. The molecule has 2 fully saturated rings. The van der Waals surface area contributed by atoms with Gasteiger partial charge in [-0.05, 0) is 44.9 Å². The molecule has 21 heteroatoms. The lowest BCUT2D eigenvalue weighted by Crippen LogP contribution is -2.43. The largest absolute Gasteiger partial charge is 0.472 e. The number of unbranched alkanes of at least 4 members (excludes halogenated alkanes) is 13. The summed E-state index contributed by atoms with van der Waals surface area (Å²) in [6.45, 7) is 2.66. The summed E-state index contributed by atoms with van der Waals surface area (Å²) in [5.41, 5.74) is 0. The monoisotopic (exact) mass is 959 g/mol. The van der Waals surface area contributed by atoms with E-state index in [0.29, 0.717) is 43.5 Å². The van der Waals surface area contributed by atoms with Gasteiger partial charge in [0.1, 0.15) is 32.0 Å². The highest BCUT2D eigenvalue weighted by Gasteiger charge is 2.54. The number of aliphatic hydroxyl groups excluding tert-OH is 1. The molecule has 4 N–H and O–H groups in total. The number of carbonyl (C=O) groups excluding carboxylic acids is 3. The first-order valence-electron chi connectivity index (χ1n) is 23.1. The fraction of sp³-hybridized carbons (Fsp3) is 0.884. The first kappa shape index (κ1) is 58.1. The second-order valence-electron chi connectivity index (χ2n) is 17.9. The zero-order valence-corrected chi connectivity index (χ0v) is 40.7. The third kappa shape index (κ3) is 28.2. The summed E-state index contributed by atoms with van der Waals surface area (Å²) < 4.78 is 89.9. The Morgan fingerprint density at radius 2 is 1.50 bits per heavy atom. The topological polar surface area (TPSA) is 249 Å². The number of likely N-dealkylation sites (N-methyl/N-ethyl adjacent to an activating group) is 1. The number of ether oxygens (including phenoxy) is 6. The van der Waals surface area contributed by atoms with Crippen LogP contribution < -0.4 is 4.72 Å². The Labute approximate surface area is 381 Å². The molecule has 2 aliphatic rings. The van der Waals surface area contributed by atoms with E-state index in [9.17, 15) is 37.4 Å². The molecule has 2 bridgehead atoms. The molecule has 374 valence electrons. The molecular formula is C43H80N2O17PS+. The molecule has 19 nitrogen and oxygen atoms in total. The van der Waals surface area contributed by atoms with Crippen LogP contribution >= 0.6 is 7.82 Å². The first-order chi connectivity index (χ1) is 30.2. The maximum absolute atomic E-state index is 12.5. The lowest BCUT2D eigenvalue weighted by molar-refractivity contribution is -0.870. The fourth-order valence-electron chi connectivity index (χ4n) is 7.51. The lowest BCUT2D eigenvalue weighted by Gasteiger charge is -2.35. The smallest absolute Gasteiger partial charge is 0.462 e. The van der Waals surface area contributed by atoms with Crippen LogP contribution in [0.1, 0.15) is 142 Å². The Morgan fingerprint density at radius 3 is 2.11 bits per heavy atom. The maximum atomic E-state index is 12.5. The third-order valence-electron chi connectivity index (χ3n) is 10.9. The van der Waals surface area contributed by atoms with Crippen molar-refractivity contribution in [3.63, 3.8) is 0 Å². The van der Waals surface area contributed by atoms with Gasteiger partial charge in [0.15, 0.2) is 11.9 Å². The predicted octanol–water partition coefficient (Wildman–Crippen LogP) is 5.85. The highest BCUT2D eigenvalue weighted by Crippen LogP contribution is 2.46. The van der Waals surface area contributed by atoms with Crippen molar-refractivity contribution in [2.45, 2.75) is 179 Å². The zero-order chi connectivity index (χ0) is 47.5. The molecule has 2 saturated heterocycles. The molecule has 0 radical (unpaired) electrons. The molecular weight excluding hydrogens is 880 g/mol. The average molecular weight is 960 g/mol. The minimum Gasteiger partial charge on any atom is -0.462 e. The Bertz CT molecular complexity index is 1530. The van der Waals surface area contributed by atoms with E-state index in [4.69, 9.17) is 42.0 Å². The van der Waals surface area contributed by atoms with Crippen molar-refractivity contribution in [3.05, 3.63) is 12.2 Å². The number of fused-ring (bicyclic) bond motifs is 2. The molecule has 0 aromatic heterocycles. The molecule has 0 spiro atoms. The van der Waals surface area contributed by atoms with E-state index >= 15 is 0 Å². The Hall–Kier alpha value is -2.07. The number of phosphoric acid groups is 1. The summed E-state index contributed by atoms with van der Waals surface area (Å²) in [4.78, 5) is 45.8. The molecule has 0 aromatic rings. The predicted molar refractivity (Wildman–Crippen MR) is 237 cm³/mol. The average Bonchev–Trinajstić information content (AvgIpc) is 3.49. The zero-order valence-electron chi connectivity index (χ0n) is 39.0. The van der Waals surface area contributed by atoms with Crippen molar-refractivity contribution in [3.8, 4) is 0 Å². The van der Waals surface area contributed by atoms with Gasteiger partial charge in [0.05, 0.1) is 40.5 Å². The highest BCUT2D eigenvalue weighted by molar-refractivity contribution is 7.83. The Kier molecular flexibility index (Phi) is 28.2. The second kappa shape index (κ2) is 31.1. The van der Waals surface area contributed by atoms with E-state index in [1.54, 1.807) is 6.08 Å². The van der Waals surface area contributed by atoms with Gasteiger partial charge in [-0.3, -0.25) is 23.2 Å². The SMILES string of the molecule is CC(=O)OC[C@H](COP(=O)(O)OCC[N+](C)(C)C)OC(=O)/C=C/CCCCC[C@H]1O[C@]2(CCCCCCCCCCCCCOCC[C@@H](CO)NS(=O)(=O)O)CC[C@@H](OC(C)=O)[C@@H]1O2. The number of hydrogen-bond donors (Lipinski definition) is 4. The summed E-state index contributed by atoms with van der Waals surface area (Å²) in [5, 5.41) is 9.19. The molecule has 64 heavy (non-hydrogen) atoms. The van der Waals surface area contributed by atoms with Gasteiger partial charge >= 0.3 is 36.0 Å². The van der Waals surface area contributed by atoms with E-state index in [1.165, 1.54) is 52.0 Å². The minimum absolute atomic E-state index is 0.0241. The molecule has 2 heterocycles. The number of esters is 3. The molecule has 0 amide bonds. The summed E-state index contributed by atoms with van der Waals surface area (Å²) in [6, 6.07) is -0.760. The van der Waals surface area contributed by atoms with Gasteiger partial charge in [0.25, 0.3) is 0 Å². The van der Waals surface area contributed by atoms with Gasteiger partial charge < -0.3 is 42.9 Å². The first-order valence-corrected chi connectivity index (χ1v) is 26.0. The number of aliphatic hydroxyl groups is 1. The number of quaternary nitrogens is 1. The summed E-state index contributed by atoms with van der Waals surface area (Å²) in [7, 11) is -3.06. The highest BCUT2D eigenvalue weighted by atomic mass is 32.2. The fourth-order valence-corrected chi connectivity index (χ4v) is 8.87. The Morgan fingerprint density at radius 1 is 0.859 bits per heavy atom. The maximum Gasteiger partial charge on any atom is 0.472 e. The van der Waals surface area contributed by atoms with E-state index in [-0.39, 0.29) is 43.9 Å². The van der Waals surface area contributed by atoms with Crippen molar-refractivity contribution in [1.82, 2.24) is 4.72 Å². The van der Waals surface area contributed by atoms with Gasteiger partial charge in [0.2, 0.25) is 0 Å². The van der Waals surface area contributed by atoms with E-state index in [0.717, 1.165) is 70.6 Å². The minimum atomic E-state index is -4.43. The van der Waals surface area contributed by atoms with Gasteiger partial charge in [-0.1, -0.05) is 76.7 Å². The van der Waals surface area contributed by atoms with Crippen molar-refractivity contribution in [2.75, 3.05) is 67.3 Å². The van der Waals surface area contributed by atoms with Crippen LogP contribution in [0.2, 0.25) is 0 Å². The Balaban J connectivity index is 1.63. The molecule has 2 aliphatic heterocycles. The molecule has 2 rings (SSSR count). The number of nitrogens with zero attached hydrogens (tertiary/aromatic N) is 1. The van der Waals surface area contributed by atoms with Gasteiger partial charge in [-0.15, -0.1) is 0 Å². The number of rotatable bonds is 38. The molecule has 0 aromatic carbocycles. The number of nitrogens with one attached hydrogen (secondary N) is 1. The third-order valence-corrected chi connectivity index (χ3v) is 12.5. The summed E-state index contributed by atoms with van der Waals surface area (Å²) in [5.74, 6) is -2.29. The molecule has 0 saturated carbocycles. The molecule has 1 unspecified atom stereocenters. The number of allylic oxidation sites excluding steroid dienone is 1. The summed E-state index contributed by atoms with van der Waals surface area (Å²) >= 11 is 0. The molecule has 0 aliphatic carbocycles. The van der Waals surface area contributed by atoms with Gasteiger partial charge in [-0.25, -0.2) is 9.36 Å². The van der Waals surface area contributed by atoms with Crippen LogP contribution in [0, 0.1) is 0 Å². The van der Waals surface area contributed by atoms with Crippen molar-refractivity contribution >= 4 is 36.0 Å². The lowest BCUT2D eigenvalue weighted by atomic mass is 9.94. The van der Waals surface area contributed by atoms with Crippen molar-refractivity contribution < 1.29 is 83.9 Å². The van der Waals surface area contributed by atoms with Crippen molar-refractivity contribution in [1.29, 1.82) is 0 Å². The van der Waals surface area contributed by atoms with E-state index < -0.39 is 61.2 Å². The van der Waals surface area contributed by atoms with Crippen LogP contribution in [0.4, 0.5) is 0 Å². The second-order valence-corrected chi connectivity index (χ2v) is 20.5. The number of carbonyl (C=O) groups is 3. The normalized spacial score (nSPS) is 22.0. The van der Waals surface area contributed by atoms with Crippen LogP contribution in [0.25, 0.3) is 0 Å².